The van der Waals surface area contributed by atoms with Gasteiger partial charge in [-0.05, 0) is 30.7 Å². The van der Waals surface area contributed by atoms with Gasteiger partial charge in [0.2, 0.25) is 0 Å². The Morgan fingerprint density at radius 3 is 2.55 bits per heavy atom. The molecule has 8 nitrogen and oxygen atoms in total. The maximum absolute atomic E-state index is 13.2. The van der Waals surface area contributed by atoms with E-state index in [0.29, 0.717) is 15.9 Å². The Hall–Kier alpha value is -3.41. The van der Waals surface area contributed by atoms with Crippen LogP contribution in [0.4, 0.5) is 28.9 Å². The summed E-state index contributed by atoms with van der Waals surface area (Å²) in [5.41, 5.74) is -1.28. The molecule has 0 aliphatic rings. The van der Waals surface area contributed by atoms with Crippen LogP contribution in [0.5, 0.6) is 0 Å². The molecule has 0 aliphatic carbocycles. The van der Waals surface area contributed by atoms with Crippen molar-refractivity contribution < 1.29 is 31.7 Å². The zero-order valence-electron chi connectivity index (χ0n) is 15.6. The van der Waals surface area contributed by atoms with E-state index in [2.05, 4.69) is 10.4 Å². The summed E-state index contributed by atoms with van der Waals surface area (Å²) in [7, 11) is 0. The summed E-state index contributed by atoms with van der Waals surface area (Å²) >= 11 is 5.60. The number of furan rings is 1. The summed E-state index contributed by atoms with van der Waals surface area (Å²) in [6, 6.07) is 6.39. The molecule has 0 fully saturated rings. The van der Waals surface area contributed by atoms with E-state index < -0.39 is 46.6 Å². The number of hydrogen-bond donors (Lipinski definition) is 1. The Morgan fingerprint density at radius 1 is 1.26 bits per heavy atom. The van der Waals surface area contributed by atoms with Gasteiger partial charge in [0.25, 0.3) is 24.4 Å². The molecular weight excluding hydrogens is 448 g/mol. The van der Waals surface area contributed by atoms with E-state index in [9.17, 15) is 32.5 Å². The SMILES string of the molecule is Cc1cc([N+](=O)[O-])ccc1NC(=O)c1ccc(Cn2nc(C(F)F)c(Cl)c2C(F)F)o1. The molecule has 0 spiro atoms. The number of alkyl halides is 4. The highest BCUT2D eigenvalue weighted by Gasteiger charge is 2.28. The molecule has 1 N–H and O–H groups in total. The number of carbonyl (C=O) groups is 1. The second-order valence-corrected chi connectivity index (χ2v) is 6.70. The smallest absolute Gasteiger partial charge is 0.291 e. The van der Waals surface area contributed by atoms with Crippen LogP contribution in [-0.4, -0.2) is 20.6 Å². The Labute approximate surface area is 176 Å². The van der Waals surface area contributed by atoms with Gasteiger partial charge in [0.15, 0.2) is 5.76 Å². The van der Waals surface area contributed by atoms with Crippen molar-refractivity contribution in [1.82, 2.24) is 9.78 Å². The third-order valence-corrected chi connectivity index (χ3v) is 4.62. The van der Waals surface area contributed by atoms with Crippen molar-refractivity contribution in [3.8, 4) is 0 Å². The number of rotatable bonds is 7. The number of amides is 1. The van der Waals surface area contributed by atoms with Crippen molar-refractivity contribution in [2.24, 2.45) is 0 Å². The normalized spacial score (nSPS) is 11.4. The molecule has 0 saturated heterocycles. The quantitative estimate of drug-likeness (QED) is 0.284. The summed E-state index contributed by atoms with van der Waals surface area (Å²) < 4.78 is 58.2. The lowest BCUT2D eigenvalue weighted by atomic mass is 10.2. The largest absolute Gasteiger partial charge is 0.454 e. The molecule has 0 radical (unpaired) electrons. The van der Waals surface area contributed by atoms with E-state index in [1.54, 1.807) is 6.92 Å². The summed E-state index contributed by atoms with van der Waals surface area (Å²) in [6.07, 6.45) is -6.30. The molecule has 2 aromatic heterocycles. The van der Waals surface area contributed by atoms with Crippen molar-refractivity contribution in [3.63, 3.8) is 0 Å². The van der Waals surface area contributed by atoms with Gasteiger partial charge in [-0.25, -0.2) is 17.6 Å². The van der Waals surface area contributed by atoms with Crippen LogP contribution in [0, 0.1) is 17.0 Å². The lowest BCUT2D eigenvalue weighted by Crippen LogP contribution is -2.12. The molecule has 31 heavy (non-hydrogen) atoms. The van der Waals surface area contributed by atoms with Crippen molar-refractivity contribution in [3.05, 3.63) is 73.9 Å². The number of aryl methyl sites for hydroxylation is 1. The molecule has 0 aliphatic heterocycles. The van der Waals surface area contributed by atoms with Crippen molar-refractivity contribution >= 4 is 28.9 Å². The summed E-state index contributed by atoms with van der Waals surface area (Å²) in [6.45, 7) is 1.10. The van der Waals surface area contributed by atoms with Gasteiger partial charge >= 0.3 is 0 Å². The number of halogens is 5. The predicted octanol–water partition coefficient (Wildman–Crippen LogP) is 5.52. The molecule has 0 saturated carbocycles. The highest BCUT2D eigenvalue weighted by atomic mass is 35.5. The number of anilines is 1. The number of nitrogens with zero attached hydrogens (tertiary/aromatic N) is 3. The highest BCUT2D eigenvalue weighted by molar-refractivity contribution is 6.32. The van der Waals surface area contributed by atoms with Crippen LogP contribution in [0.1, 0.15) is 46.1 Å². The first kappa shape index (κ1) is 22.3. The minimum atomic E-state index is -3.16. The number of non-ortho nitro benzene ring substituents is 1. The van der Waals surface area contributed by atoms with Gasteiger partial charge in [0.05, 0.1) is 16.5 Å². The fraction of sp³-hybridized carbons (Fsp3) is 0.222. The van der Waals surface area contributed by atoms with E-state index in [-0.39, 0.29) is 17.2 Å². The maximum Gasteiger partial charge on any atom is 0.291 e. The molecule has 0 atom stereocenters. The number of benzene rings is 1. The van der Waals surface area contributed by atoms with E-state index in [0.717, 1.165) is 0 Å². The topological polar surface area (TPSA) is 103 Å². The standard InChI is InChI=1S/C18H13ClF4N4O4/c1-8-6-9(27(29)30)2-4-11(8)24-18(28)12-5-3-10(31-12)7-26-15(17(22)23)13(19)14(25-26)16(20)21/h2-6,16-17H,7H2,1H3,(H,24,28). The maximum atomic E-state index is 13.2. The molecule has 0 unspecified atom stereocenters. The summed E-state index contributed by atoms with van der Waals surface area (Å²) in [4.78, 5) is 22.6. The second-order valence-electron chi connectivity index (χ2n) is 6.32. The first-order chi connectivity index (χ1) is 14.6. The molecule has 3 aromatic rings. The third-order valence-electron chi connectivity index (χ3n) is 4.23. The molecule has 13 heteroatoms. The fourth-order valence-electron chi connectivity index (χ4n) is 2.76. The number of hydrogen-bond acceptors (Lipinski definition) is 5. The Balaban J connectivity index is 1.79. The monoisotopic (exact) mass is 460 g/mol. The van der Waals surface area contributed by atoms with Gasteiger partial charge in [0, 0.05) is 17.8 Å². The van der Waals surface area contributed by atoms with Crippen LogP contribution in [0.15, 0.2) is 34.7 Å². The number of nitro groups is 1. The molecule has 1 amide bonds. The average molecular weight is 461 g/mol. The summed E-state index contributed by atoms with van der Waals surface area (Å²) in [5, 5.41) is 15.9. The van der Waals surface area contributed by atoms with Gasteiger partial charge < -0.3 is 9.73 Å². The lowest BCUT2D eigenvalue weighted by Gasteiger charge is -2.07. The van der Waals surface area contributed by atoms with E-state index in [4.69, 9.17) is 16.0 Å². The van der Waals surface area contributed by atoms with Crippen LogP contribution in [0.2, 0.25) is 5.02 Å². The van der Waals surface area contributed by atoms with Gasteiger partial charge in [-0.3, -0.25) is 19.6 Å². The van der Waals surface area contributed by atoms with Gasteiger partial charge in [-0.1, -0.05) is 11.6 Å². The lowest BCUT2D eigenvalue weighted by molar-refractivity contribution is -0.384. The van der Waals surface area contributed by atoms with Gasteiger partial charge in [-0.2, -0.15) is 5.10 Å². The van der Waals surface area contributed by atoms with Crippen LogP contribution >= 0.6 is 11.6 Å². The average Bonchev–Trinajstić information content (AvgIpc) is 3.28. The van der Waals surface area contributed by atoms with Crippen LogP contribution < -0.4 is 5.32 Å². The second kappa shape index (κ2) is 8.76. The molecule has 0 bridgehead atoms. The Morgan fingerprint density at radius 2 is 1.97 bits per heavy atom. The zero-order valence-corrected chi connectivity index (χ0v) is 16.4. The minimum Gasteiger partial charge on any atom is -0.454 e. The first-order valence-electron chi connectivity index (χ1n) is 8.56. The number of nitro benzene ring substituents is 1. The van der Waals surface area contributed by atoms with Crippen molar-refractivity contribution in [2.75, 3.05) is 5.32 Å². The molecule has 2 heterocycles. The van der Waals surface area contributed by atoms with Gasteiger partial charge in [0.1, 0.15) is 17.1 Å². The molecule has 3 rings (SSSR count). The van der Waals surface area contributed by atoms with Crippen molar-refractivity contribution in [1.29, 1.82) is 0 Å². The van der Waals surface area contributed by atoms with Crippen LogP contribution in [-0.2, 0) is 6.54 Å². The van der Waals surface area contributed by atoms with E-state index in [1.807, 2.05) is 0 Å². The predicted molar refractivity (Wildman–Crippen MR) is 101 cm³/mol. The Bertz CT molecular complexity index is 1150. The summed E-state index contributed by atoms with van der Waals surface area (Å²) in [5.74, 6) is -0.907. The first-order valence-corrected chi connectivity index (χ1v) is 8.93. The third kappa shape index (κ3) is 4.68. The number of carbonyl (C=O) groups excluding carboxylic acids is 1. The van der Waals surface area contributed by atoms with E-state index >= 15 is 0 Å². The molecular formula is C18H13ClF4N4O4. The zero-order chi connectivity index (χ0) is 22.9. The Kier molecular flexibility index (Phi) is 6.29. The number of nitrogens with one attached hydrogen (secondary N) is 1. The minimum absolute atomic E-state index is 0.00699. The van der Waals surface area contributed by atoms with Gasteiger partial charge in [-0.15, -0.1) is 0 Å². The van der Waals surface area contributed by atoms with Crippen LogP contribution in [0.25, 0.3) is 0 Å². The number of aromatic nitrogens is 2. The fourth-order valence-corrected chi connectivity index (χ4v) is 3.06. The van der Waals surface area contributed by atoms with Crippen molar-refractivity contribution in [2.45, 2.75) is 26.3 Å². The molecule has 1 aromatic carbocycles. The van der Waals surface area contributed by atoms with Crippen LogP contribution in [0.3, 0.4) is 0 Å². The van der Waals surface area contributed by atoms with E-state index in [1.165, 1.54) is 30.3 Å². The molecule has 164 valence electrons. The highest BCUT2D eigenvalue weighted by Crippen LogP contribution is 2.35.